The number of hydrogen-bond acceptors (Lipinski definition) is 3. The first kappa shape index (κ1) is 11.2. The number of fused-ring (bicyclic) bond motifs is 1. The van der Waals surface area contributed by atoms with Gasteiger partial charge in [0.05, 0.1) is 6.61 Å². The summed E-state index contributed by atoms with van der Waals surface area (Å²) in [5.41, 5.74) is 0.874. The predicted molar refractivity (Wildman–Crippen MR) is 63.8 cm³/mol. The number of nitrogens with one attached hydrogen (secondary N) is 1. The van der Waals surface area contributed by atoms with Crippen molar-refractivity contribution in [3.05, 3.63) is 35.9 Å². The van der Waals surface area contributed by atoms with Crippen molar-refractivity contribution in [1.29, 1.82) is 0 Å². The summed E-state index contributed by atoms with van der Waals surface area (Å²) in [6.07, 6.45) is 0.335. The number of benzene rings is 1. The molecule has 1 aromatic rings. The van der Waals surface area contributed by atoms with E-state index in [-0.39, 0.29) is 11.9 Å². The zero-order valence-corrected chi connectivity index (χ0v) is 9.83. The van der Waals surface area contributed by atoms with Crippen LogP contribution in [0.2, 0.25) is 0 Å². The summed E-state index contributed by atoms with van der Waals surface area (Å²) in [7, 11) is 0. The third kappa shape index (κ3) is 1.76. The van der Waals surface area contributed by atoms with Gasteiger partial charge >= 0.3 is 6.03 Å². The van der Waals surface area contributed by atoms with Crippen LogP contribution in [0.3, 0.4) is 0 Å². The molecule has 2 aliphatic heterocycles. The molecule has 2 fully saturated rings. The Morgan fingerprint density at radius 1 is 1.22 bits per heavy atom. The number of carbonyl (C=O) groups is 2. The van der Waals surface area contributed by atoms with Gasteiger partial charge in [-0.25, -0.2) is 4.79 Å². The number of nitrogens with zero attached hydrogens (tertiary/aromatic N) is 1. The van der Waals surface area contributed by atoms with Crippen molar-refractivity contribution in [2.45, 2.75) is 18.6 Å². The van der Waals surface area contributed by atoms with E-state index in [0.717, 1.165) is 12.0 Å². The van der Waals surface area contributed by atoms with E-state index >= 15 is 0 Å². The van der Waals surface area contributed by atoms with Crippen molar-refractivity contribution in [1.82, 2.24) is 10.2 Å². The van der Waals surface area contributed by atoms with E-state index < -0.39 is 12.1 Å². The SMILES string of the molecule is O=C1NC(=O)N2CCCO[C@@H]2[C@@H]1c1ccccc1. The molecule has 5 nitrogen and oxygen atoms in total. The minimum Gasteiger partial charge on any atom is -0.357 e. The van der Waals surface area contributed by atoms with Gasteiger partial charge in [0.15, 0.2) is 0 Å². The van der Waals surface area contributed by atoms with E-state index in [1.165, 1.54) is 0 Å². The van der Waals surface area contributed by atoms with Gasteiger partial charge in [0.2, 0.25) is 5.91 Å². The highest BCUT2D eigenvalue weighted by atomic mass is 16.5. The van der Waals surface area contributed by atoms with Crippen molar-refractivity contribution >= 4 is 11.9 Å². The van der Waals surface area contributed by atoms with Gasteiger partial charge in [-0.2, -0.15) is 0 Å². The number of imide groups is 1. The molecule has 0 bridgehead atoms. The van der Waals surface area contributed by atoms with Gasteiger partial charge in [-0.05, 0) is 12.0 Å². The molecule has 94 valence electrons. The second kappa shape index (κ2) is 4.42. The summed E-state index contributed by atoms with van der Waals surface area (Å²) in [6, 6.07) is 9.08. The van der Waals surface area contributed by atoms with E-state index in [1.807, 2.05) is 30.3 Å². The van der Waals surface area contributed by atoms with Gasteiger partial charge < -0.3 is 4.74 Å². The highest BCUT2D eigenvalue weighted by molar-refractivity contribution is 6.00. The Morgan fingerprint density at radius 2 is 2.00 bits per heavy atom. The third-order valence-electron chi connectivity index (χ3n) is 3.36. The fourth-order valence-corrected chi connectivity index (χ4v) is 2.51. The normalized spacial score (nSPS) is 27.7. The largest absolute Gasteiger partial charge is 0.357 e. The monoisotopic (exact) mass is 246 g/mol. The van der Waals surface area contributed by atoms with Crippen LogP contribution >= 0.6 is 0 Å². The number of carbonyl (C=O) groups excluding carboxylic acids is 2. The molecule has 0 saturated carbocycles. The number of amides is 3. The molecule has 1 N–H and O–H groups in total. The maximum Gasteiger partial charge on any atom is 0.326 e. The fraction of sp³-hybridized carbons (Fsp3) is 0.385. The smallest absolute Gasteiger partial charge is 0.326 e. The van der Waals surface area contributed by atoms with E-state index in [0.29, 0.717) is 13.2 Å². The Labute approximate surface area is 105 Å². The zero-order valence-electron chi connectivity index (χ0n) is 9.83. The molecule has 18 heavy (non-hydrogen) atoms. The van der Waals surface area contributed by atoms with Crippen LogP contribution in [0.1, 0.15) is 17.9 Å². The van der Waals surface area contributed by atoms with Crippen LogP contribution < -0.4 is 5.32 Å². The second-order valence-electron chi connectivity index (χ2n) is 4.49. The lowest BCUT2D eigenvalue weighted by atomic mass is 9.93. The molecule has 0 radical (unpaired) electrons. The van der Waals surface area contributed by atoms with Crippen LogP contribution in [-0.2, 0) is 9.53 Å². The van der Waals surface area contributed by atoms with Crippen LogP contribution in [0.4, 0.5) is 4.79 Å². The Kier molecular flexibility index (Phi) is 2.76. The van der Waals surface area contributed by atoms with E-state index in [4.69, 9.17) is 4.74 Å². The first-order chi connectivity index (χ1) is 8.77. The molecule has 1 aromatic carbocycles. The molecule has 3 amide bonds. The Hall–Kier alpha value is -1.88. The predicted octanol–water partition coefficient (Wildman–Crippen LogP) is 1.07. The summed E-state index contributed by atoms with van der Waals surface area (Å²) in [5.74, 6) is -0.724. The molecule has 0 unspecified atom stereocenters. The van der Waals surface area contributed by atoms with Crippen LogP contribution in [-0.4, -0.2) is 36.2 Å². The highest BCUT2D eigenvalue weighted by Crippen LogP contribution is 2.30. The molecular weight excluding hydrogens is 232 g/mol. The molecule has 0 aliphatic carbocycles. The number of urea groups is 1. The lowest BCUT2D eigenvalue weighted by Crippen LogP contribution is -2.61. The van der Waals surface area contributed by atoms with Gasteiger partial charge in [0.25, 0.3) is 0 Å². The van der Waals surface area contributed by atoms with Crippen molar-refractivity contribution in [2.24, 2.45) is 0 Å². The van der Waals surface area contributed by atoms with Gasteiger partial charge in [-0.3, -0.25) is 15.0 Å². The van der Waals surface area contributed by atoms with Gasteiger partial charge in [0, 0.05) is 6.54 Å². The average Bonchev–Trinajstić information content (AvgIpc) is 2.40. The minimum atomic E-state index is -0.470. The molecule has 2 aliphatic rings. The lowest BCUT2D eigenvalue weighted by molar-refractivity contribution is -0.141. The summed E-state index contributed by atoms with van der Waals surface area (Å²) in [4.78, 5) is 25.4. The van der Waals surface area contributed by atoms with Crippen molar-refractivity contribution in [3.8, 4) is 0 Å². The topological polar surface area (TPSA) is 58.6 Å². The zero-order chi connectivity index (χ0) is 12.5. The van der Waals surface area contributed by atoms with E-state index in [1.54, 1.807) is 4.90 Å². The quantitative estimate of drug-likeness (QED) is 0.806. The number of hydrogen-bond donors (Lipinski definition) is 1. The summed E-state index contributed by atoms with van der Waals surface area (Å²) >= 11 is 0. The summed E-state index contributed by atoms with van der Waals surface area (Å²) in [6.45, 7) is 1.22. The number of ether oxygens (including phenoxy) is 1. The molecule has 0 spiro atoms. The molecular formula is C13H14N2O3. The first-order valence-corrected chi connectivity index (χ1v) is 6.05. The third-order valence-corrected chi connectivity index (χ3v) is 3.36. The molecule has 2 atom stereocenters. The Bertz CT molecular complexity index is 474. The molecule has 2 saturated heterocycles. The molecule has 0 aromatic heterocycles. The summed E-state index contributed by atoms with van der Waals surface area (Å²) < 4.78 is 5.63. The first-order valence-electron chi connectivity index (χ1n) is 6.05. The van der Waals surface area contributed by atoms with Gasteiger partial charge in [0.1, 0.15) is 12.1 Å². The van der Waals surface area contributed by atoms with Crippen LogP contribution in [0, 0.1) is 0 Å². The Morgan fingerprint density at radius 3 is 2.78 bits per heavy atom. The highest BCUT2D eigenvalue weighted by Gasteiger charge is 2.44. The molecule has 5 heteroatoms. The van der Waals surface area contributed by atoms with Crippen molar-refractivity contribution in [3.63, 3.8) is 0 Å². The van der Waals surface area contributed by atoms with Crippen molar-refractivity contribution < 1.29 is 14.3 Å². The van der Waals surface area contributed by atoms with Crippen LogP contribution in [0.25, 0.3) is 0 Å². The standard InChI is InChI=1S/C13H14N2O3/c16-11-10(9-5-2-1-3-6-9)12-15(13(17)14-11)7-4-8-18-12/h1-3,5-6,10,12H,4,7-8H2,(H,14,16,17)/t10-,12-/m1/s1. The maximum absolute atomic E-state index is 12.0. The lowest BCUT2D eigenvalue weighted by Gasteiger charge is -2.42. The summed E-state index contributed by atoms with van der Waals surface area (Å²) in [5, 5.41) is 2.40. The molecule has 2 heterocycles. The van der Waals surface area contributed by atoms with Crippen LogP contribution in [0.5, 0.6) is 0 Å². The van der Waals surface area contributed by atoms with Crippen molar-refractivity contribution in [2.75, 3.05) is 13.2 Å². The second-order valence-corrected chi connectivity index (χ2v) is 4.49. The van der Waals surface area contributed by atoms with E-state index in [2.05, 4.69) is 5.32 Å². The number of rotatable bonds is 1. The maximum atomic E-state index is 12.0. The Balaban J connectivity index is 1.96. The fourth-order valence-electron chi connectivity index (χ4n) is 2.51. The minimum absolute atomic E-state index is 0.283. The van der Waals surface area contributed by atoms with E-state index in [9.17, 15) is 9.59 Å². The van der Waals surface area contributed by atoms with Gasteiger partial charge in [-0.1, -0.05) is 30.3 Å². The van der Waals surface area contributed by atoms with Crippen LogP contribution in [0.15, 0.2) is 30.3 Å². The molecule has 3 rings (SSSR count). The average molecular weight is 246 g/mol. The van der Waals surface area contributed by atoms with Gasteiger partial charge in [-0.15, -0.1) is 0 Å².